The highest BCUT2D eigenvalue weighted by Crippen LogP contribution is 2.18. The average molecular weight is 160 g/mol. The van der Waals surface area contributed by atoms with Crippen molar-refractivity contribution in [3.05, 3.63) is 0 Å². The monoisotopic (exact) mass is 160 g/mol. The van der Waals surface area contributed by atoms with Crippen LogP contribution < -0.4 is 0 Å². The number of aliphatic carboxylic acids is 1. The number of rotatable bonds is 4. The zero-order valence-electron chi connectivity index (χ0n) is 7.24. The number of carboxylic acids is 1. The van der Waals surface area contributed by atoms with E-state index < -0.39 is 12.1 Å². The Bertz CT molecular complexity index is 133. The molecule has 11 heavy (non-hydrogen) atoms. The zero-order valence-corrected chi connectivity index (χ0v) is 7.24. The summed E-state index contributed by atoms with van der Waals surface area (Å²) in [5.41, 5.74) is 0. The highest BCUT2D eigenvalue weighted by molar-refractivity contribution is 5.72. The zero-order chi connectivity index (χ0) is 9.02. The molecule has 0 radical (unpaired) electrons. The molecular formula is C8H16O3. The van der Waals surface area contributed by atoms with E-state index in [1.165, 1.54) is 0 Å². The van der Waals surface area contributed by atoms with E-state index in [0.717, 1.165) is 6.42 Å². The Morgan fingerprint density at radius 3 is 2.18 bits per heavy atom. The number of aliphatic hydroxyl groups is 1. The standard InChI is InChI=1S/C8H16O3/c1-4-5(2)6(3)7(9)8(10)11/h5-7,9H,4H2,1-3H3,(H,10,11)/t5-,6-,7-/m0/s1. The first-order valence-electron chi connectivity index (χ1n) is 3.91. The van der Waals surface area contributed by atoms with Crippen molar-refractivity contribution in [2.24, 2.45) is 11.8 Å². The van der Waals surface area contributed by atoms with Crippen LogP contribution in [0.3, 0.4) is 0 Å². The third kappa shape index (κ3) is 2.89. The van der Waals surface area contributed by atoms with Gasteiger partial charge in [-0.25, -0.2) is 4.79 Å². The van der Waals surface area contributed by atoms with Gasteiger partial charge in [0.1, 0.15) is 0 Å². The van der Waals surface area contributed by atoms with Crippen molar-refractivity contribution in [2.45, 2.75) is 33.3 Å². The molecule has 0 heterocycles. The van der Waals surface area contributed by atoms with Gasteiger partial charge in [0.15, 0.2) is 6.10 Å². The molecule has 0 aromatic carbocycles. The van der Waals surface area contributed by atoms with Gasteiger partial charge < -0.3 is 10.2 Å². The van der Waals surface area contributed by atoms with Gasteiger partial charge in [-0.3, -0.25) is 0 Å². The largest absolute Gasteiger partial charge is 0.479 e. The van der Waals surface area contributed by atoms with Gasteiger partial charge in [-0.2, -0.15) is 0 Å². The van der Waals surface area contributed by atoms with Gasteiger partial charge in [0.05, 0.1) is 0 Å². The summed E-state index contributed by atoms with van der Waals surface area (Å²) in [5, 5.41) is 17.5. The van der Waals surface area contributed by atoms with Gasteiger partial charge in [0.25, 0.3) is 0 Å². The fourth-order valence-corrected chi connectivity index (χ4v) is 0.908. The quantitative estimate of drug-likeness (QED) is 0.647. The summed E-state index contributed by atoms with van der Waals surface area (Å²) in [7, 11) is 0. The molecule has 0 bridgehead atoms. The summed E-state index contributed by atoms with van der Waals surface area (Å²) >= 11 is 0. The van der Waals surface area contributed by atoms with E-state index in [1.807, 2.05) is 13.8 Å². The second-order valence-corrected chi connectivity index (χ2v) is 3.03. The van der Waals surface area contributed by atoms with Crippen molar-refractivity contribution in [3.63, 3.8) is 0 Å². The van der Waals surface area contributed by atoms with Crippen LogP contribution in [0.2, 0.25) is 0 Å². The molecule has 3 heteroatoms. The fraction of sp³-hybridized carbons (Fsp3) is 0.875. The van der Waals surface area contributed by atoms with Crippen LogP contribution in [-0.4, -0.2) is 22.3 Å². The van der Waals surface area contributed by atoms with Crippen molar-refractivity contribution < 1.29 is 15.0 Å². The lowest BCUT2D eigenvalue weighted by Crippen LogP contribution is -2.31. The molecule has 66 valence electrons. The van der Waals surface area contributed by atoms with Gasteiger partial charge in [-0.15, -0.1) is 0 Å². The normalized spacial score (nSPS) is 18.9. The number of carboxylic acid groups (broad SMARTS) is 1. The average Bonchev–Trinajstić information content (AvgIpc) is 2.00. The summed E-state index contributed by atoms with van der Waals surface area (Å²) < 4.78 is 0. The molecule has 3 nitrogen and oxygen atoms in total. The molecule has 0 spiro atoms. The molecule has 0 aromatic heterocycles. The molecule has 0 fully saturated rings. The Morgan fingerprint density at radius 1 is 1.45 bits per heavy atom. The molecule has 0 aliphatic carbocycles. The number of aliphatic hydroxyl groups excluding tert-OH is 1. The lowest BCUT2D eigenvalue weighted by Gasteiger charge is -2.20. The van der Waals surface area contributed by atoms with Crippen molar-refractivity contribution >= 4 is 5.97 Å². The smallest absolute Gasteiger partial charge is 0.332 e. The van der Waals surface area contributed by atoms with Gasteiger partial charge in [0.2, 0.25) is 0 Å². The first-order chi connectivity index (χ1) is 5.00. The van der Waals surface area contributed by atoms with Crippen LogP contribution in [0.1, 0.15) is 27.2 Å². The van der Waals surface area contributed by atoms with Crippen LogP contribution in [-0.2, 0) is 4.79 Å². The maximum Gasteiger partial charge on any atom is 0.332 e. The third-order valence-electron chi connectivity index (χ3n) is 2.29. The summed E-state index contributed by atoms with van der Waals surface area (Å²) in [4.78, 5) is 10.3. The van der Waals surface area contributed by atoms with Gasteiger partial charge in [0, 0.05) is 0 Å². The van der Waals surface area contributed by atoms with E-state index in [2.05, 4.69) is 0 Å². The highest BCUT2D eigenvalue weighted by Gasteiger charge is 2.25. The Morgan fingerprint density at radius 2 is 1.91 bits per heavy atom. The number of hydrogen-bond acceptors (Lipinski definition) is 2. The Labute approximate surface area is 67.0 Å². The van der Waals surface area contributed by atoms with Crippen molar-refractivity contribution in [3.8, 4) is 0 Å². The van der Waals surface area contributed by atoms with Crippen molar-refractivity contribution in [1.82, 2.24) is 0 Å². The molecule has 0 aliphatic rings. The number of hydrogen-bond donors (Lipinski definition) is 2. The summed E-state index contributed by atoms with van der Waals surface area (Å²) in [6.45, 7) is 5.68. The van der Waals surface area contributed by atoms with Crippen LogP contribution in [0.15, 0.2) is 0 Å². The van der Waals surface area contributed by atoms with Gasteiger partial charge in [-0.1, -0.05) is 27.2 Å². The minimum Gasteiger partial charge on any atom is -0.479 e. The molecule has 0 saturated heterocycles. The van der Waals surface area contributed by atoms with E-state index >= 15 is 0 Å². The third-order valence-corrected chi connectivity index (χ3v) is 2.29. The summed E-state index contributed by atoms with van der Waals surface area (Å²) in [6, 6.07) is 0. The van der Waals surface area contributed by atoms with E-state index in [9.17, 15) is 4.79 Å². The molecule has 0 amide bonds. The van der Waals surface area contributed by atoms with E-state index in [0.29, 0.717) is 0 Å². The molecule has 0 unspecified atom stereocenters. The van der Waals surface area contributed by atoms with Crippen LogP contribution in [0.25, 0.3) is 0 Å². The van der Waals surface area contributed by atoms with Crippen LogP contribution in [0, 0.1) is 11.8 Å². The Balaban J connectivity index is 4.00. The van der Waals surface area contributed by atoms with Crippen molar-refractivity contribution in [1.29, 1.82) is 0 Å². The van der Waals surface area contributed by atoms with E-state index in [4.69, 9.17) is 10.2 Å². The number of carbonyl (C=O) groups is 1. The van der Waals surface area contributed by atoms with Gasteiger partial charge >= 0.3 is 5.97 Å². The molecule has 0 aliphatic heterocycles. The second kappa shape index (κ2) is 4.34. The SMILES string of the molecule is CC[C@H](C)[C@H](C)[C@H](O)C(=O)O. The van der Waals surface area contributed by atoms with Crippen LogP contribution >= 0.6 is 0 Å². The molecule has 2 N–H and O–H groups in total. The summed E-state index contributed by atoms with van der Waals surface area (Å²) in [5.74, 6) is -1.04. The second-order valence-electron chi connectivity index (χ2n) is 3.03. The van der Waals surface area contributed by atoms with Crippen molar-refractivity contribution in [2.75, 3.05) is 0 Å². The maximum atomic E-state index is 10.3. The fourth-order valence-electron chi connectivity index (χ4n) is 0.908. The highest BCUT2D eigenvalue weighted by atomic mass is 16.4. The molecular weight excluding hydrogens is 144 g/mol. The van der Waals surface area contributed by atoms with E-state index in [-0.39, 0.29) is 11.8 Å². The Hall–Kier alpha value is -0.570. The minimum absolute atomic E-state index is 0.169. The molecule has 0 rings (SSSR count). The minimum atomic E-state index is -1.22. The molecule has 0 aromatic rings. The summed E-state index contributed by atoms with van der Waals surface area (Å²) in [6.07, 6.45) is -0.323. The maximum absolute atomic E-state index is 10.3. The Kier molecular flexibility index (Phi) is 4.11. The first-order valence-corrected chi connectivity index (χ1v) is 3.91. The topological polar surface area (TPSA) is 57.5 Å². The van der Waals surface area contributed by atoms with Crippen LogP contribution in [0.4, 0.5) is 0 Å². The van der Waals surface area contributed by atoms with E-state index in [1.54, 1.807) is 6.92 Å². The van der Waals surface area contributed by atoms with Gasteiger partial charge in [-0.05, 0) is 11.8 Å². The predicted molar refractivity (Wildman–Crippen MR) is 42.3 cm³/mol. The molecule has 0 saturated carbocycles. The lowest BCUT2D eigenvalue weighted by molar-refractivity contribution is -0.150. The predicted octanol–water partition coefficient (Wildman–Crippen LogP) is 1.11. The molecule has 3 atom stereocenters. The first kappa shape index (κ1) is 10.4. The lowest BCUT2D eigenvalue weighted by atomic mass is 9.89. The van der Waals surface area contributed by atoms with Crippen LogP contribution in [0.5, 0.6) is 0 Å².